The molecule has 162 valence electrons. The number of aromatic nitrogens is 1. The topological polar surface area (TPSA) is 62.3 Å². The molecule has 7 heteroatoms. The van der Waals surface area contributed by atoms with Crippen LogP contribution >= 0.6 is 11.3 Å². The first-order chi connectivity index (χ1) is 15.6. The minimum absolute atomic E-state index is 0.262. The summed E-state index contributed by atoms with van der Waals surface area (Å²) in [7, 11) is -3.61. The number of hydrogen-bond donors (Lipinski definition) is 1. The van der Waals surface area contributed by atoms with Crippen molar-refractivity contribution in [2.24, 2.45) is 0 Å². The van der Waals surface area contributed by atoms with Gasteiger partial charge < -0.3 is 4.90 Å². The fourth-order valence-corrected chi connectivity index (χ4v) is 6.34. The summed E-state index contributed by atoms with van der Waals surface area (Å²) in [4.78, 5) is 7.44. The van der Waals surface area contributed by atoms with Crippen molar-refractivity contribution >= 4 is 26.4 Å². The molecule has 1 aromatic heterocycles. The van der Waals surface area contributed by atoms with E-state index >= 15 is 0 Å². The van der Waals surface area contributed by atoms with Crippen LogP contribution in [0.5, 0.6) is 0 Å². The first-order valence-corrected chi connectivity index (χ1v) is 12.8. The lowest BCUT2D eigenvalue weighted by atomic mass is 10.1. The molecule has 0 saturated carbocycles. The number of nitrogens with zero attached hydrogens (tertiary/aromatic N) is 2. The summed E-state index contributed by atoms with van der Waals surface area (Å²) in [6.07, 6.45) is 0.565. The van der Waals surface area contributed by atoms with E-state index in [1.165, 1.54) is 5.56 Å². The number of thiazole rings is 1. The fraction of sp³-hybridized carbons (Fsp3) is 0.160. The maximum absolute atomic E-state index is 13.0. The summed E-state index contributed by atoms with van der Waals surface area (Å²) < 4.78 is 28.8. The van der Waals surface area contributed by atoms with E-state index in [0.717, 1.165) is 21.3 Å². The van der Waals surface area contributed by atoms with Crippen molar-refractivity contribution in [3.8, 4) is 10.6 Å². The maximum atomic E-state index is 13.0. The van der Waals surface area contributed by atoms with Crippen LogP contribution in [0.3, 0.4) is 0 Å². The van der Waals surface area contributed by atoms with Gasteiger partial charge in [0.25, 0.3) is 0 Å². The molecule has 32 heavy (non-hydrogen) atoms. The quantitative estimate of drug-likeness (QED) is 0.451. The molecule has 1 aliphatic rings. The van der Waals surface area contributed by atoms with Crippen molar-refractivity contribution in [3.63, 3.8) is 0 Å². The summed E-state index contributed by atoms with van der Waals surface area (Å²) in [6, 6.07) is 28.6. The number of rotatable bonds is 6. The molecule has 0 bridgehead atoms. The van der Waals surface area contributed by atoms with Crippen LogP contribution in [0.4, 0.5) is 5.00 Å². The van der Waals surface area contributed by atoms with E-state index in [-0.39, 0.29) is 10.9 Å². The monoisotopic (exact) mass is 461 g/mol. The van der Waals surface area contributed by atoms with E-state index in [4.69, 9.17) is 4.98 Å². The van der Waals surface area contributed by atoms with E-state index in [9.17, 15) is 8.42 Å². The molecule has 0 fully saturated rings. The molecular formula is C25H23N3O2S2. The Morgan fingerprint density at radius 2 is 1.53 bits per heavy atom. The fourth-order valence-electron chi connectivity index (χ4n) is 3.98. The van der Waals surface area contributed by atoms with Crippen molar-refractivity contribution in [1.82, 2.24) is 9.71 Å². The second-order valence-electron chi connectivity index (χ2n) is 7.84. The Labute approximate surface area is 192 Å². The first kappa shape index (κ1) is 20.9. The summed E-state index contributed by atoms with van der Waals surface area (Å²) in [5.41, 5.74) is 3.20. The lowest BCUT2D eigenvalue weighted by Gasteiger charge is -2.33. The predicted molar refractivity (Wildman–Crippen MR) is 129 cm³/mol. The Hall–Kier alpha value is -3.00. The third-order valence-electron chi connectivity index (χ3n) is 5.46. The average Bonchev–Trinajstić information content (AvgIpc) is 3.25. The van der Waals surface area contributed by atoms with Gasteiger partial charge in [-0.25, -0.2) is 18.1 Å². The van der Waals surface area contributed by atoms with Gasteiger partial charge >= 0.3 is 0 Å². The average molecular weight is 462 g/mol. The highest BCUT2D eigenvalue weighted by atomic mass is 32.2. The van der Waals surface area contributed by atoms with Crippen LogP contribution < -0.4 is 9.62 Å². The Balaban J connectivity index is 1.47. The number of hydrogen-bond acceptors (Lipinski definition) is 5. The number of anilines is 1. The third kappa shape index (κ3) is 4.46. The molecule has 1 N–H and O–H groups in total. The molecule has 0 radical (unpaired) electrons. The van der Waals surface area contributed by atoms with Gasteiger partial charge in [-0.15, -0.1) is 0 Å². The van der Waals surface area contributed by atoms with E-state index in [2.05, 4.69) is 33.9 Å². The van der Waals surface area contributed by atoms with Crippen molar-refractivity contribution in [2.45, 2.75) is 23.9 Å². The van der Waals surface area contributed by atoms with E-state index in [0.29, 0.717) is 19.5 Å². The van der Waals surface area contributed by atoms with Crippen LogP contribution in [0.1, 0.15) is 11.3 Å². The molecule has 1 atom stereocenters. The van der Waals surface area contributed by atoms with E-state index in [1.54, 1.807) is 35.6 Å². The van der Waals surface area contributed by atoms with Gasteiger partial charge in [-0.2, -0.15) is 0 Å². The SMILES string of the molecule is O=S(=O)(NC1Cc2nc(-c3ccccc3)sc2N(Cc2ccccc2)C1)c1ccccc1. The van der Waals surface area contributed by atoms with E-state index in [1.807, 2.05) is 42.5 Å². The molecule has 0 amide bonds. The normalized spacial score (nSPS) is 16.0. The zero-order valence-electron chi connectivity index (χ0n) is 17.4. The van der Waals surface area contributed by atoms with Crippen molar-refractivity contribution < 1.29 is 8.42 Å². The number of nitrogens with one attached hydrogen (secondary N) is 1. The lowest BCUT2D eigenvalue weighted by Crippen LogP contribution is -2.47. The standard InChI is InChI=1S/C25H23N3O2S2/c29-32(30,22-14-8-3-9-15-22)27-21-16-23-25(28(18-21)17-19-10-4-1-5-11-19)31-24(26-23)20-12-6-2-7-13-20/h1-15,21,27H,16-18H2. The lowest BCUT2D eigenvalue weighted by molar-refractivity contribution is 0.523. The van der Waals surface area contributed by atoms with Gasteiger partial charge in [0.2, 0.25) is 10.0 Å². The number of sulfonamides is 1. The van der Waals surface area contributed by atoms with Gasteiger partial charge in [-0.05, 0) is 17.7 Å². The second-order valence-corrected chi connectivity index (χ2v) is 10.5. The van der Waals surface area contributed by atoms with Crippen molar-refractivity contribution in [1.29, 1.82) is 0 Å². The Kier molecular flexibility index (Phi) is 5.78. The van der Waals surface area contributed by atoms with Crippen LogP contribution in [-0.2, 0) is 23.0 Å². The van der Waals surface area contributed by atoms with Gasteiger partial charge in [-0.3, -0.25) is 0 Å². The van der Waals surface area contributed by atoms with Crippen LogP contribution in [0, 0.1) is 0 Å². The van der Waals surface area contributed by atoms with Crippen LogP contribution in [0.15, 0.2) is 95.9 Å². The molecule has 2 heterocycles. The zero-order valence-corrected chi connectivity index (χ0v) is 19.0. The molecule has 5 nitrogen and oxygen atoms in total. The van der Waals surface area contributed by atoms with Crippen molar-refractivity contribution in [3.05, 3.63) is 102 Å². The molecule has 1 unspecified atom stereocenters. The smallest absolute Gasteiger partial charge is 0.240 e. The molecule has 0 aliphatic carbocycles. The highest BCUT2D eigenvalue weighted by Crippen LogP contribution is 2.38. The number of fused-ring (bicyclic) bond motifs is 1. The van der Waals surface area contributed by atoms with Crippen LogP contribution in [0.25, 0.3) is 10.6 Å². The second kappa shape index (κ2) is 8.86. The van der Waals surface area contributed by atoms with Gasteiger partial charge in [-0.1, -0.05) is 90.2 Å². The predicted octanol–water partition coefficient (Wildman–Crippen LogP) is 4.72. The van der Waals surface area contributed by atoms with Crippen LogP contribution in [0.2, 0.25) is 0 Å². The van der Waals surface area contributed by atoms with E-state index < -0.39 is 10.0 Å². The Bertz CT molecular complexity index is 1290. The molecule has 0 saturated heterocycles. The highest BCUT2D eigenvalue weighted by Gasteiger charge is 2.31. The van der Waals surface area contributed by atoms with Gasteiger partial charge in [0.15, 0.2) is 0 Å². The molecular weight excluding hydrogens is 438 g/mol. The Morgan fingerprint density at radius 1 is 0.906 bits per heavy atom. The highest BCUT2D eigenvalue weighted by molar-refractivity contribution is 7.89. The minimum atomic E-state index is -3.61. The van der Waals surface area contributed by atoms with Gasteiger partial charge in [0.05, 0.1) is 10.6 Å². The summed E-state index contributed by atoms with van der Waals surface area (Å²) in [6.45, 7) is 1.29. The molecule has 1 aliphatic heterocycles. The Morgan fingerprint density at radius 3 is 2.22 bits per heavy atom. The third-order valence-corrected chi connectivity index (χ3v) is 8.20. The molecule has 0 spiro atoms. The first-order valence-electron chi connectivity index (χ1n) is 10.5. The number of benzene rings is 3. The minimum Gasteiger partial charge on any atom is -0.356 e. The van der Waals surface area contributed by atoms with Crippen molar-refractivity contribution in [2.75, 3.05) is 11.4 Å². The summed E-state index contributed by atoms with van der Waals surface area (Å²) in [5, 5.41) is 2.07. The summed E-state index contributed by atoms with van der Waals surface area (Å²) >= 11 is 1.67. The summed E-state index contributed by atoms with van der Waals surface area (Å²) in [5.74, 6) is 0. The zero-order chi connectivity index (χ0) is 22.0. The molecule has 3 aromatic carbocycles. The van der Waals surface area contributed by atoms with Gasteiger partial charge in [0, 0.05) is 31.1 Å². The molecule has 5 rings (SSSR count). The largest absolute Gasteiger partial charge is 0.356 e. The van der Waals surface area contributed by atoms with Crippen LogP contribution in [-0.4, -0.2) is 26.0 Å². The molecule has 4 aromatic rings. The van der Waals surface area contributed by atoms with Gasteiger partial charge in [0.1, 0.15) is 10.0 Å². The maximum Gasteiger partial charge on any atom is 0.240 e.